The summed E-state index contributed by atoms with van der Waals surface area (Å²) in [7, 11) is 2.20. The molecule has 0 radical (unpaired) electrons. The first-order valence-electron chi connectivity index (χ1n) is 10.8. The zero-order chi connectivity index (χ0) is 19.5. The van der Waals surface area contributed by atoms with Crippen LogP contribution in [0.4, 0.5) is 0 Å². The third kappa shape index (κ3) is 2.35. The van der Waals surface area contributed by atoms with Crippen LogP contribution in [-0.4, -0.2) is 49.0 Å². The summed E-state index contributed by atoms with van der Waals surface area (Å²) in [4.78, 5) is 28.1. The average molecular weight is 383 g/mol. The van der Waals surface area contributed by atoms with Crippen molar-refractivity contribution in [2.24, 2.45) is 5.92 Å². The van der Waals surface area contributed by atoms with E-state index in [1.54, 1.807) is 0 Å². The van der Waals surface area contributed by atoms with Crippen molar-refractivity contribution in [2.75, 3.05) is 20.2 Å². The number of likely N-dealkylation sites (N-methyl/N-ethyl adjacent to an activating group) is 1. The van der Waals surface area contributed by atoms with Gasteiger partial charge in [0, 0.05) is 23.4 Å². The Morgan fingerprint density at radius 2 is 2.21 bits per heavy atom. The molecule has 5 rings (SSSR count). The van der Waals surface area contributed by atoms with Gasteiger partial charge in [0.1, 0.15) is 11.3 Å². The second-order valence-corrected chi connectivity index (χ2v) is 8.97. The van der Waals surface area contributed by atoms with E-state index in [1.165, 1.54) is 5.56 Å². The Kier molecular flexibility index (Phi) is 4.27. The van der Waals surface area contributed by atoms with E-state index >= 15 is 0 Å². The van der Waals surface area contributed by atoms with Crippen LogP contribution in [0.1, 0.15) is 66.9 Å². The summed E-state index contributed by atoms with van der Waals surface area (Å²) in [5, 5.41) is 0. The zero-order valence-electron chi connectivity index (χ0n) is 16.8. The number of carbonyl (C=O) groups excluding carboxylic acids is 2. The first kappa shape index (κ1) is 18.2. The van der Waals surface area contributed by atoms with E-state index < -0.39 is 6.10 Å². The molecule has 0 unspecified atom stereocenters. The van der Waals surface area contributed by atoms with Crippen molar-refractivity contribution >= 4 is 11.8 Å². The summed E-state index contributed by atoms with van der Waals surface area (Å²) < 4.78 is 11.9. The molecular formula is C23H29NO4. The van der Waals surface area contributed by atoms with Crippen molar-refractivity contribution < 1.29 is 19.1 Å². The quantitative estimate of drug-likeness (QED) is 0.577. The van der Waals surface area contributed by atoms with E-state index in [4.69, 9.17) is 9.47 Å². The monoisotopic (exact) mass is 383 g/mol. The van der Waals surface area contributed by atoms with Crippen LogP contribution < -0.4 is 4.74 Å². The molecule has 4 atom stereocenters. The molecule has 2 aliphatic carbocycles. The van der Waals surface area contributed by atoms with E-state index in [0.717, 1.165) is 50.6 Å². The van der Waals surface area contributed by atoms with Gasteiger partial charge in [-0.1, -0.05) is 25.8 Å². The second kappa shape index (κ2) is 6.58. The fourth-order valence-electron chi connectivity index (χ4n) is 6.29. The summed E-state index contributed by atoms with van der Waals surface area (Å²) >= 11 is 0. The largest absolute Gasteiger partial charge is 0.480 e. The van der Waals surface area contributed by atoms with Crippen LogP contribution in [0.3, 0.4) is 0 Å². The molecule has 0 N–H and O–H groups in total. The molecule has 0 amide bonds. The number of likely N-dealkylation sites (tertiary alicyclic amines) is 1. The van der Waals surface area contributed by atoms with Crippen LogP contribution in [0.15, 0.2) is 12.1 Å². The van der Waals surface area contributed by atoms with Crippen LogP contribution in [-0.2, 0) is 21.4 Å². The molecule has 5 heteroatoms. The maximum Gasteiger partial charge on any atom is 0.341 e. The van der Waals surface area contributed by atoms with Gasteiger partial charge in [-0.15, -0.1) is 0 Å². The van der Waals surface area contributed by atoms with Gasteiger partial charge in [0.25, 0.3) is 0 Å². The summed E-state index contributed by atoms with van der Waals surface area (Å²) in [5.41, 5.74) is 2.67. The molecule has 1 aromatic carbocycles. The molecule has 28 heavy (non-hydrogen) atoms. The number of unbranched alkanes of at least 4 members (excludes halogenated alkanes) is 2. The fourth-order valence-corrected chi connectivity index (χ4v) is 6.29. The highest BCUT2D eigenvalue weighted by molar-refractivity contribution is 5.96. The number of hydrogen-bond donors (Lipinski definition) is 0. The molecular weight excluding hydrogens is 354 g/mol. The Hall–Kier alpha value is -1.88. The van der Waals surface area contributed by atoms with Crippen LogP contribution in [0.2, 0.25) is 0 Å². The van der Waals surface area contributed by atoms with Gasteiger partial charge in [-0.3, -0.25) is 4.79 Å². The maximum atomic E-state index is 12.9. The number of Topliss-reactive ketones (excluding diaryl/α,β-unsaturated/α-hetero) is 1. The molecule has 1 spiro atoms. The molecule has 2 fully saturated rings. The van der Waals surface area contributed by atoms with E-state index in [0.29, 0.717) is 36.3 Å². The lowest BCUT2D eigenvalue weighted by Crippen LogP contribution is -2.65. The maximum absolute atomic E-state index is 12.9. The van der Waals surface area contributed by atoms with Crippen LogP contribution >= 0.6 is 0 Å². The van der Waals surface area contributed by atoms with Crippen molar-refractivity contribution in [3.8, 4) is 5.75 Å². The Labute approximate surface area is 166 Å². The standard InChI is InChI=1S/C23H29NO4/c1-3-4-5-12-27-22(26)15-7-6-14-13-17-16-8-9-18(25)21-23(16,10-11-24(17)2)19(14)20(15)28-21/h6-7,16-17,21H,3-5,8-13H2,1-2H3/t16-,17+,21-,23-/m0/s1. The Bertz CT molecular complexity index is 834. The molecule has 2 aliphatic heterocycles. The minimum atomic E-state index is -0.425. The highest BCUT2D eigenvalue weighted by Crippen LogP contribution is 2.62. The highest BCUT2D eigenvalue weighted by atomic mass is 16.5. The first-order chi connectivity index (χ1) is 13.6. The smallest absolute Gasteiger partial charge is 0.341 e. The normalized spacial score (nSPS) is 32.6. The summed E-state index contributed by atoms with van der Waals surface area (Å²) in [5.74, 6) is 0.957. The van der Waals surface area contributed by atoms with Crippen LogP contribution in [0.5, 0.6) is 5.75 Å². The summed E-state index contributed by atoms with van der Waals surface area (Å²) in [6.07, 6.45) is 6.01. The molecule has 4 aliphatic rings. The van der Waals surface area contributed by atoms with Gasteiger partial charge < -0.3 is 14.4 Å². The van der Waals surface area contributed by atoms with Crippen molar-refractivity contribution in [1.82, 2.24) is 4.90 Å². The SMILES string of the molecule is CCCCCOC(=O)c1ccc2c3c1O[C@H]1C(=O)CC[C@H]4[C@@H](C2)N(C)CC[C@]314. The third-order valence-corrected chi connectivity index (χ3v) is 7.61. The predicted octanol–water partition coefficient (Wildman–Crippen LogP) is 3.27. The third-order valence-electron chi connectivity index (χ3n) is 7.61. The molecule has 1 saturated carbocycles. The number of nitrogens with zero attached hydrogens (tertiary/aromatic N) is 1. The minimum absolute atomic E-state index is 0.200. The minimum Gasteiger partial charge on any atom is -0.480 e. The van der Waals surface area contributed by atoms with Crippen LogP contribution in [0, 0.1) is 5.92 Å². The Balaban J connectivity index is 1.56. The number of rotatable bonds is 5. The van der Waals surface area contributed by atoms with E-state index in [-0.39, 0.29) is 17.2 Å². The molecule has 1 saturated heterocycles. The molecule has 150 valence electrons. The number of benzene rings is 1. The van der Waals surface area contributed by atoms with Gasteiger partial charge in [-0.05, 0) is 56.8 Å². The van der Waals surface area contributed by atoms with Gasteiger partial charge in [0.05, 0.1) is 6.61 Å². The van der Waals surface area contributed by atoms with Crippen molar-refractivity contribution in [2.45, 2.75) is 69.4 Å². The first-order valence-corrected chi connectivity index (χ1v) is 10.8. The van der Waals surface area contributed by atoms with Gasteiger partial charge in [-0.2, -0.15) is 0 Å². The second-order valence-electron chi connectivity index (χ2n) is 8.97. The highest BCUT2D eigenvalue weighted by Gasteiger charge is 2.65. The lowest BCUT2D eigenvalue weighted by atomic mass is 9.51. The van der Waals surface area contributed by atoms with Crippen LogP contribution in [0.25, 0.3) is 0 Å². The average Bonchev–Trinajstić information content (AvgIpc) is 3.04. The lowest BCUT2D eigenvalue weighted by molar-refractivity contribution is -0.138. The van der Waals surface area contributed by atoms with Gasteiger partial charge in [-0.25, -0.2) is 4.79 Å². The topological polar surface area (TPSA) is 55.8 Å². The summed E-state index contributed by atoms with van der Waals surface area (Å²) in [6, 6.07) is 4.39. The fraction of sp³-hybridized carbons (Fsp3) is 0.652. The van der Waals surface area contributed by atoms with Crippen molar-refractivity contribution in [1.29, 1.82) is 0 Å². The molecule has 2 heterocycles. The van der Waals surface area contributed by atoms with E-state index in [2.05, 4.69) is 24.9 Å². The van der Waals surface area contributed by atoms with E-state index in [9.17, 15) is 9.59 Å². The predicted molar refractivity (Wildman–Crippen MR) is 105 cm³/mol. The number of piperidine rings is 1. The number of ketones is 1. The summed E-state index contributed by atoms with van der Waals surface area (Å²) in [6.45, 7) is 3.54. The Morgan fingerprint density at radius 1 is 1.36 bits per heavy atom. The van der Waals surface area contributed by atoms with Gasteiger partial charge in [0.2, 0.25) is 0 Å². The van der Waals surface area contributed by atoms with Crippen molar-refractivity contribution in [3.63, 3.8) is 0 Å². The van der Waals surface area contributed by atoms with Crippen molar-refractivity contribution in [3.05, 3.63) is 28.8 Å². The number of carbonyl (C=O) groups is 2. The van der Waals surface area contributed by atoms with Gasteiger partial charge >= 0.3 is 5.97 Å². The molecule has 2 bridgehead atoms. The molecule has 0 aromatic heterocycles. The Morgan fingerprint density at radius 3 is 3.04 bits per heavy atom. The number of esters is 1. The molecule has 5 nitrogen and oxygen atoms in total. The molecule has 1 aromatic rings. The number of ether oxygens (including phenoxy) is 2. The number of hydrogen-bond acceptors (Lipinski definition) is 5. The zero-order valence-corrected chi connectivity index (χ0v) is 16.8. The van der Waals surface area contributed by atoms with Gasteiger partial charge in [0.15, 0.2) is 11.9 Å². The lowest BCUT2D eigenvalue weighted by Gasteiger charge is -2.57. The van der Waals surface area contributed by atoms with E-state index in [1.807, 2.05) is 6.07 Å².